The highest BCUT2D eigenvalue weighted by molar-refractivity contribution is 7.16. The van der Waals surface area contributed by atoms with Crippen molar-refractivity contribution in [3.05, 3.63) is 69.5 Å². The number of thiazole rings is 2. The third-order valence-corrected chi connectivity index (χ3v) is 5.73. The van der Waals surface area contributed by atoms with Gasteiger partial charge >= 0.3 is 0 Å². The van der Waals surface area contributed by atoms with Crippen LogP contribution in [0.5, 0.6) is 0 Å². The summed E-state index contributed by atoms with van der Waals surface area (Å²) in [5.41, 5.74) is 6.74. The summed E-state index contributed by atoms with van der Waals surface area (Å²) in [4.78, 5) is 21.0. The van der Waals surface area contributed by atoms with E-state index in [1.54, 1.807) is 28.2 Å². The highest BCUT2D eigenvalue weighted by Crippen LogP contribution is 2.22. The number of benzene rings is 2. The van der Waals surface area contributed by atoms with Gasteiger partial charge in [-0.3, -0.25) is 4.79 Å². The van der Waals surface area contributed by atoms with Gasteiger partial charge in [0.1, 0.15) is 0 Å². The fraction of sp³-hybridized carbons (Fsp3) is 0.150. The third kappa shape index (κ3) is 3.66. The second-order valence-electron chi connectivity index (χ2n) is 5.99. The van der Waals surface area contributed by atoms with Gasteiger partial charge in [-0.25, -0.2) is 9.97 Å². The average molecular weight is 380 g/mol. The number of fused-ring (bicyclic) bond motifs is 1. The number of nitrogens with one attached hydrogen (secondary N) is 1. The summed E-state index contributed by atoms with van der Waals surface area (Å²) in [6.45, 7) is 2.62. The molecular weight excluding hydrogens is 362 g/mol. The topological polar surface area (TPSA) is 54.9 Å². The molecule has 0 aliphatic carbocycles. The van der Waals surface area contributed by atoms with Crippen LogP contribution in [0.2, 0.25) is 0 Å². The minimum Gasteiger partial charge on any atom is -0.352 e. The maximum absolute atomic E-state index is 12.3. The van der Waals surface area contributed by atoms with E-state index in [9.17, 15) is 4.79 Å². The van der Waals surface area contributed by atoms with Crippen molar-refractivity contribution < 1.29 is 4.79 Å². The first kappa shape index (κ1) is 16.9. The molecule has 0 unspecified atom stereocenters. The van der Waals surface area contributed by atoms with Crippen molar-refractivity contribution in [3.8, 4) is 11.3 Å². The zero-order valence-electron chi connectivity index (χ0n) is 14.2. The Morgan fingerprint density at radius 2 is 1.96 bits per heavy atom. The van der Waals surface area contributed by atoms with E-state index < -0.39 is 0 Å². The molecule has 0 radical (unpaired) electrons. The molecule has 4 nitrogen and oxygen atoms in total. The van der Waals surface area contributed by atoms with Crippen LogP contribution in [-0.4, -0.2) is 22.4 Å². The molecule has 0 atom stereocenters. The fourth-order valence-electron chi connectivity index (χ4n) is 2.76. The lowest BCUT2D eigenvalue weighted by molar-refractivity contribution is 0.0954. The van der Waals surface area contributed by atoms with Crippen LogP contribution in [0, 0.1) is 6.92 Å². The Balaban J connectivity index is 1.34. The molecular formula is C20H17N3OS2. The number of aromatic nitrogens is 2. The largest absolute Gasteiger partial charge is 0.352 e. The van der Waals surface area contributed by atoms with E-state index in [0.717, 1.165) is 32.9 Å². The lowest BCUT2D eigenvalue weighted by Crippen LogP contribution is -2.25. The number of hydrogen-bond donors (Lipinski definition) is 1. The van der Waals surface area contributed by atoms with Crippen molar-refractivity contribution in [1.29, 1.82) is 0 Å². The van der Waals surface area contributed by atoms with Crippen molar-refractivity contribution >= 4 is 38.8 Å². The Hall–Kier alpha value is -2.57. The number of carbonyl (C=O) groups excluding carboxylic acids is 1. The molecule has 4 aromatic rings. The summed E-state index contributed by atoms with van der Waals surface area (Å²) >= 11 is 3.20. The predicted octanol–water partition coefficient (Wildman–Crippen LogP) is 4.70. The smallest absolute Gasteiger partial charge is 0.251 e. The van der Waals surface area contributed by atoms with Crippen LogP contribution in [0.15, 0.2) is 53.4 Å². The van der Waals surface area contributed by atoms with E-state index in [1.165, 1.54) is 5.56 Å². The normalized spacial score (nSPS) is 11.0. The van der Waals surface area contributed by atoms with Crippen LogP contribution in [-0.2, 0) is 6.42 Å². The van der Waals surface area contributed by atoms with Crippen molar-refractivity contribution in [1.82, 2.24) is 15.3 Å². The first-order chi connectivity index (χ1) is 12.7. The Labute approximate surface area is 159 Å². The van der Waals surface area contributed by atoms with Crippen molar-refractivity contribution in [2.24, 2.45) is 0 Å². The van der Waals surface area contributed by atoms with Crippen molar-refractivity contribution in [2.75, 3.05) is 6.54 Å². The molecule has 0 aliphatic rings. The predicted molar refractivity (Wildman–Crippen MR) is 108 cm³/mol. The SMILES string of the molecule is Cc1nc(-c2ccc(CCNC(=O)c3ccc4ncsc4c3)cc2)cs1. The molecule has 6 heteroatoms. The summed E-state index contributed by atoms with van der Waals surface area (Å²) < 4.78 is 1.03. The van der Waals surface area contributed by atoms with Crippen LogP contribution < -0.4 is 5.32 Å². The highest BCUT2D eigenvalue weighted by Gasteiger charge is 2.07. The van der Waals surface area contributed by atoms with Crippen molar-refractivity contribution in [3.63, 3.8) is 0 Å². The Morgan fingerprint density at radius 1 is 1.12 bits per heavy atom. The zero-order chi connectivity index (χ0) is 17.9. The first-order valence-electron chi connectivity index (χ1n) is 8.32. The number of rotatable bonds is 5. The van der Waals surface area contributed by atoms with E-state index in [-0.39, 0.29) is 5.91 Å². The number of hydrogen-bond acceptors (Lipinski definition) is 5. The fourth-order valence-corrected chi connectivity index (χ4v) is 4.10. The lowest BCUT2D eigenvalue weighted by Gasteiger charge is -2.06. The molecule has 0 aliphatic heterocycles. The molecule has 0 saturated heterocycles. The van der Waals surface area contributed by atoms with E-state index >= 15 is 0 Å². The van der Waals surface area contributed by atoms with E-state index in [4.69, 9.17) is 0 Å². The van der Waals surface area contributed by atoms with Gasteiger partial charge in [-0.05, 0) is 37.1 Å². The first-order valence-corrected chi connectivity index (χ1v) is 10.1. The molecule has 2 aromatic heterocycles. The van der Waals surface area contributed by atoms with E-state index in [1.807, 2.05) is 25.1 Å². The summed E-state index contributed by atoms with van der Waals surface area (Å²) in [6.07, 6.45) is 0.797. The summed E-state index contributed by atoms with van der Waals surface area (Å²) in [7, 11) is 0. The Bertz CT molecular complexity index is 1050. The van der Waals surface area contributed by atoms with Gasteiger partial charge in [0.2, 0.25) is 0 Å². The number of carbonyl (C=O) groups is 1. The van der Waals surface area contributed by atoms with Gasteiger partial charge in [0.05, 0.1) is 26.4 Å². The molecule has 0 spiro atoms. The summed E-state index contributed by atoms with van der Waals surface area (Å²) in [5, 5.41) is 6.13. The van der Waals surface area contributed by atoms with E-state index in [2.05, 4.69) is 44.9 Å². The molecule has 1 N–H and O–H groups in total. The second kappa shape index (κ2) is 7.35. The second-order valence-corrected chi connectivity index (χ2v) is 7.94. The van der Waals surface area contributed by atoms with Crippen LogP contribution in [0.4, 0.5) is 0 Å². The van der Waals surface area contributed by atoms with Gasteiger partial charge in [-0.15, -0.1) is 22.7 Å². The van der Waals surface area contributed by atoms with Gasteiger partial charge < -0.3 is 5.32 Å². The van der Waals surface area contributed by atoms with Crippen LogP contribution >= 0.6 is 22.7 Å². The lowest BCUT2D eigenvalue weighted by atomic mass is 10.1. The molecule has 0 fully saturated rings. The standard InChI is InChI=1S/C20H17N3OS2/c1-13-23-18(11-25-13)15-4-2-14(3-5-15)8-9-21-20(24)16-6-7-17-19(10-16)26-12-22-17/h2-7,10-12H,8-9H2,1H3,(H,21,24). The monoisotopic (exact) mass is 379 g/mol. The zero-order valence-corrected chi connectivity index (χ0v) is 15.9. The molecule has 0 saturated carbocycles. The van der Waals surface area contributed by atoms with Crippen LogP contribution in [0.25, 0.3) is 21.5 Å². The van der Waals surface area contributed by atoms with Gasteiger partial charge in [-0.2, -0.15) is 0 Å². The Morgan fingerprint density at radius 3 is 2.73 bits per heavy atom. The molecule has 4 rings (SSSR count). The molecule has 130 valence electrons. The van der Waals surface area contributed by atoms with Gasteiger partial charge in [0.15, 0.2) is 0 Å². The highest BCUT2D eigenvalue weighted by atomic mass is 32.1. The average Bonchev–Trinajstić information content (AvgIpc) is 3.30. The Kier molecular flexibility index (Phi) is 4.77. The number of aryl methyl sites for hydroxylation is 1. The quantitative estimate of drug-likeness (QED) is 0.547. The van der Waals surface area contributed by atoms with Gasteiger partial charge in [-0.1, -0.05) is 24.3 Å². The molecule has 0 bridgehead atoms. The third-order valence-electron chi connectivity index (χ3n) is 4.16. The summed E-state index contributed by atoms with van der Waals surface area (Å²) in [5.74, 6) is -0.0464. The maximum Gasteiger partial charge on any atom is 0.251 e. The van der Waals surface area contributed by atoms with Crippen LogP contribution in [0.1, 0.15) is 20.9 Å². The van der Waals surface area contributed by atoms with Gasteiger partial charge in [0.25, 0.3) is 5.91 Å². The maximum atomic E-state index is 12.3. The van der Waals surface area contributed by atoms with Crippen LogP contribution in [0.3, 0.4) is 0 Å². The minimum atomic E-state index is -0.0464. The summed E-state index contributed by atoms with van der Waals surface area (Å²) in [6, 6.07) is 14.0. The molecule has 2 heterocycles. The molecule has 1 amide bonds. The van der Waals surface area contributed by atoms with E-state index in [0.29, 0.717) is 12.1 Å². The minimum absolute atomic E-state index is 0.0464. The number of nitrogens with zero attached hydrogens (tertiary/aromatic N) is 2. The molecule has 26 heavy (non-hydrogen) atoms. The number of amides is 1. The van der Waals surface area contributed by atoms with Crippen molar-refractivity contribution in [2.45, 2.75) is 13.3 Å². The van der Waals surface area contributed by atoms with Gasteiger partial charge in [0, 0.05) is 23.1 Å². The molecule has 2 aromatic carbocycles.